The number of aromatic nitrogens is 2. The van der Waals surface area contributed by atoms with Crippen LogP contribution in [0.3, 0.4) is 0 Å². The largest absolute Gasteiger partial charge is 0.343 e. The highest BCUT2D eigenvalue weighted by atomic mass is 16.2. The Bertz CT molecular complexity index is 631. The van der Waals surface area contributed by atoms with Crippen LogP contribution in [-0.4, -0.2) is 59.2 Å². The molecule has 0 radical (unpaired) electrons. The van der Waals surface area contributed by atoms with E-state index in [-0.39, 0.29) is 5.91 Å². The highest BCUT2D eigenvalue weighted by Crippen LogP contribution is 2.31. The van der Waals surface area contributed by atoms with Gasteiger partial charge in [-0.3, -0.25) is 9.48 Å². The van der Waals surface area contributed by atoms with Crippen molar-refractivity contribution in [2.75, 3.05) is 27.7 Å². The average Bonchev–Trinajstić information content (AvgIpc) is 3.03. The van der Waals surface area contributed by atoms with Crippen molar-refractivity contribution in [2.45, 2.75) is 83.7 Å². The monoisotopic (exact) mass is 374 g/mol. The Morgan fingerprint density at radius 3 is 2.56 bits per heavy atom. The number of carbonyl (C=O) groups excluding carboxylic acids is 1. The number of fused-ring (bicyclic) bond motifs is 1. The summed E-state index contributed by atoms with van der Waals surface area (Å²) in [7, 11) is 5.91. The number of likely N-dealkylation sites (N-methyl/N-ethyl adjacent to an activating group) is 1. The molecule has 3 rings (SSSR count). The van der Waals surface area contributed by atoms with Crippen LogP contribution in [0.4, 0.5) is 0 Å². The normalized spacial score (nSPS) is 20.7. The minimum absolute atomic E-state index is 0.0607. The molecule has 5 heteroatoms. The average molecular weight is 375 g/mol. The molecule has 0 aliphatic heterocycles. The van der Waals surface area contributed by atoms with Crippen LogP contribution in [0.25, 0.3) is 0 Å². The lowest BCUT2D eigenvalue weighted by Crippen LogP contribution is -2.38. The van der Waals surface area contributed by atoms with Crippen LogP contribution >= 0.6 is 0 Å². The summed E-state index contributed by atoms with van der Waals surface area (Å²) in [4.78, 5) is 17.0. The Kier molecular flexibility index (Phi) is 6.96. The number of nitrogens with zero attached hydrogens (tertiary/aromatic N) is 4. The van der Waals surface area contributed by atoms with Crippen LogP contribution in [0, 0.1) is 5.92 Å². The third kappa shape index (κ3) is 4.74. The van der Waals surface area contributed by atoms with Gasteiger partial charge in [-0.25, -0.2) is 0 Å². The molecule has 0 N–H and O–H groups in total. The number of amides is 1. The molecule has 5 nitrogen and oxygen atoms in total. The van der Waals surface area contributed by atoms with Crippen molar-refractivity contribution in [3.05, 3.63) is 17.0 Å². The standard InChI is InChI=1S/C22H38N4O/c1-5-6-14-25(4)18-12-13-20-19(15-18)21(22(27)24(2)3)23-26(20)16-17-10-8-7-9-11-17/h17-18H,5-16H2,1-4H3. The zero-order valence-electron chi connectivity index (χ0n) is 17.8. The highest BCUT2D eigenvalue weighted by molar-refractivity contribution is 5.93. The van der Waals surface area contributed by atoms with Gasteiger partial charge in [0, 0.05) is 37.9 Å². The van der Waals surface area contributed by atoms with E-state index in [1.54, 1.807) is 4.90 Å². The van der Waals surface area contributed by atoms with Crippen LogP contribution in [0.2, 0.25) is 0 Å². The fourth-order valence-corrected chi connectivity index (χ4v) is 4.78. The first-order valence-corrected chi connectivity index (χ1v) is 11.0. The van der Waals surface area contributed by atoms with Gasteiger partial charge in [-0.05, 0) is 58.0 Å². The van der Waals surface area contributed by atoms with Crippen LogP contribution < -0.4 is 0 Å². The molecule has 1 saturated carbocycles. The Hall–Kier alpha value is -1.36. The van der Waals surface area contributed by atoms with Crippen LogP contribution in [0.15, 0.2) is 0 Å². The molecule has 1 amide bonds. The maximum atomic E-state index is 12.8. The van der Waals surface area contributed by atoms with Gasteiger partial charge in [0.2, 0.25) is 0 Å². The minimum atomic E-state index is 0.0607. The van der Waals surface area contributed by atoms with E-state index >= 15 is 0 Å². The van der Waals surface area contributed by atoms with Crippen LogP contribution in [0.5, 0.6) is 0 Å². The lowest BCUT2D eigenvalue weighted by molar-refractivity contribution is 0.0819. The maximum Gasteiger partial charge on any atom is 0.274 e. The van der Waals surface area contributed by atoms with Crippen LogP contribution in [-0.2, 0) is 19.4 Å². The lowest BCUT2D eigenvalue weighted by atomic mass is 9.88. The molecule has 1 fully saturated rings. The summed E-state index contributed by atoms with van der Waals surface area (Å²) in [6.07, 6.45) is 12.4. The van der Waals surface area contributed by atoms with E-state index in [4.69, 9.17) is 5.10 Å². The Balaban J connectivity index is 1.82. The topological polar surface area (TPSA) is 41.4 Å². The molecular weight excluding hydrogens is 336 g/mol. The number of hydrogen-bond donors (Lipinski definition) is 0. The lowest BCUT2D eigenvalue weighted by Gasteiger charge is -2.32. The van der Waals surface area contributed by atoms with E-state index in [1.807, 2.05) is 14.1 Å². The maximum absolute atomic E-state index is 12.8. The van der Waals surface area contributed by atoms with Crippen molar-refractivity contribution < 1.29 is 4.79 Å². The predicted molar refractivity (Wildman–Crippen MR) is 110 cm³/mol. The third-order valence-corrected chi connectivity index (χ3v) is 6.57. The summed E-state index contributed by atoms with van der Waals surface area (Å²) in [5, 5.41) is 4.87. The smallest absolute Gasteiger partial charge is 0.274 e. The minimum Gasteiger partial charge on any atom is -0.343 e. The molecule has 0 aromatic carbocycles. The summed E-state index contributed by atoms with van der Waals surface area (Å²) in [5.41, 5.74) is 3.27. The second-order valence-corrected chi connectivity index (χ2v) is 8.89. The molecule has 1 heterocycles. The first-order valence-electron chi connectivity index (χ1n) is 11.0. The zero-order chi connectivity index (χ0) is 19.4. The molecule has 0 saturated heterocycles. The molecule has 2 aliphatic carbocycles. The number of carbonyl (C=O) groups is 1. The summed E-state index contributed by atoms with van der Waals surface area (Å²) < 4.78 is 2.21. The summed E-state index contributed by atoms with van der Waals surface area (Å²) in [5.74, 6) is 0.792. The van der Waals surface area contributed by atoms with E-state index in [2.05, 4.69) is 23.6 Å². The Morgan fingerprint density at radius 1 is 1.15 bits per heavy atom. The summed E-state index contributed by atoms with van der Waals surface area (Å²) in [6, 6.07) is 0.532. The quantitative estimate of drug-likeness (QED) is 0.730. The van der Waals surface area contributed by atoms with Crippen molar-refractivity contribution in [2.24, 2.45) is 5.92 Å². The molecule has 1 aromatic heterocycles. The van der Waals surface area contributed by atoms with Crippen molar-refractivity contribution in [1.82, 2.24) is 19.6 Å². The second-order valence-electron chi connectivity index (χ2n) is 8.89. The highest BCUT2D eigenvalue weighted by Gasteiger charge is 2.31. The zero-order valence-corrected chi connectivity index (χ0v) is 17.8. The van der Waals surface area contributed by atoms with Gasteiger partial charge >= 0.3 is 0 Å². The van der Waals surface area contributed by atoms with Crippen LogP contribution in [0.1, 0.15) is 80.0 Å². The van der Waals surface area contributed by atoms with Crippen molar-refractivity contribution in [3.63, 3.8) is 0 Å². The Labute approximate surface area is 165 Å². The number of unbranched alkanes of at least 4 members (excludes halogenated alkanes) is 1. The van der Waals surface area contributed by atoms with Gasteiger partial charge in [0.15, 0.2) is 5.69 Å². The third-order valence-electron chi connectivity index (χ3n) is 6.57. The van der Waals surface area contributed by atoms with Crippen molar-refractivity contribution in [1.29, 1.82) is 0 Å². The van der Waals surface area contributed by atoms with Gasteiger partial charge in [-0.2, -0.15) is 5.10 Å². The fourth-order valence-electron chi connectivity index (χ4n) is 4.78. The molecular formula is C22H38N4O. The van der Waals surface area contributed by atoms with Crippen molar-refractivity contribution in [3.8, 4) is 0 Å². The number of hydrogen-bond acceptors (Lipinski definition) is 3. The molecule has 27 heavy (non-hydrogen) atoms. The van der Waals surface area contributed by atoms with Gasteiger partial charge < -0.3 is 9.80 Å². The molecule has 0 bridgehead atoms. The Morgan fingerprint density at radius 2 is 1.89 bits per heavy atom. The second kappa shape index (κ2) is 9.22. The summed E-state index contributed by atoms with van der Waals surface area (Å²) >= 11 is 0. The predicted octanol–water partition coefficient (Wildman–Crippen LogP) is 3.75. The molecule has 1 aromatic rings. The summed E-state index contributed by atoms with van der Waals surface area (Å²) in [6.45, 7) is 4.39. The van der Waals surface area contributed by atoms with E-state index in [1.165, 1.54) is 62.6 Å². The van der Waals surface area contributed by atoms with E-state index < -0.39 is 0 Å². The molecule has 0 spiro atoms. The SMILES string of the molecule is CCCCN(C)C1CCc2c(c(C(=O)N(C)C)nn2CC2CCCCC2)C1. The van der Waals surface area contributed by atoms with Gasteiger partial charge in [0.05, 0.1) is 0 Å². The van der Waals surface area contributed by atoms with E-state index in [9.17, 15) is 4.79 Å². The first kappa shape index (κ1) is 20.4. The molecule has 2 aliphatic rings. The van der Waals surface area contributed by atoms with E-state index in [0.717, 1.165) is 31.8 Å². The van der Waals surface area contributed by atoms with Gasteiger partial charge in [0.25, 0.3) is 5.91 Å². The van der Waals surface area contributed by atoms with Crippen molar-refractivity contribution >= 4 is 5.91 Å². The first-order chi connectivity index (χ1) is 13.0. The fraction of sp³-hybridized carbons (Fsp3) is 0.818. The molecule has 1 unspecified atom stereocenters. The van der Waals surface area contributed by atoms with E-state index in [0.29, 0.717) is 11.7 Å². The van der Waals surface area contributed by atoms with Gasteiger partial charge in [-0.1, -0.05) is 32.6 Å². The molecule has 1 atom stereocenters. The number of rotatable bonds is 7. The molecule has 152 valence electrons. The van der Waals surface area contributed by atoms with Gasteiger partial charge in [0.1, 0.15) is 0 Å². The van der Waals surface area contributed by atoms with Gasteiger partial charge in [-0.15, -0.1) is 0 Å².